The van der Waals surface area contributed by atoms with E-state index >= 15 is 0 Å². The molecule has 6 heteroatoms. The van der Waals surface area contributed by atoms with E-state index in [1.165, 1.54) is 12.4 Å². The maximum Gasteiger partial charge on any atom is 0.271 e. The van der Waals surface area contributed by atoms with Gasteiger partial charge in [-0.15, -0.1) is 0 Å². The summed E-state index contributed by atoms with van der Waals surface area (Å²) in [6, 6.07) is 7.80. The molecule has 0 radical (unpaired) electrons. The lowest BCUT2D eigenvalue weighted by Crippen LogP contribution is -2.28. The molecule has 1 aromatic carbocycles. The predicted molar refractivity (Wildman–Crippen MR) is 81.7 cm³/mol. The number of carbonyl (C=O) groups excluding carboxylic acids is 1. The highest BCUT2D eigenvalue weighted by Crippen LogP contribution is 2.19. The Balaban J connectivity index is 2.11. The van der Waals surface area contributed by atoms with E-state index < -0.39 is 0 Å². The van der Waals surface area contributed by atoms with Gasteiger partial charge in [0, 0.05) is 4.47 Å². The smallest absolute Gasteiger partial charge is 0.271 e. The number of nitrogens with one attached hydrogen (secondary N) is 1. The number of benzene rings is 1. The molecule has 1 heterocycles. The highest BCUT2D eigenvalue weighted by atomic mass is 79.9. The topological polar surface area (TPSA) is 54.9 Å². The Morgan fingerprint density at radius 1 is 1.30 bits per heavy atom. The van der Waals surface area contributed by atoms with Crippen LogP contribution >= 0.6 is 27.5 Å². The lowest BCUT2D eigenvalue weighted by molar-refractivity contribution is 0.0930. The third-order valence-electron chi connectivity index (χ3n) is 2.84. The lowest BCUT2D eigenvalue weighted by atomic mass is 10.0. The first-order valence-electron chi connectivity index (χ1n) is 6.14. The van der Waals surface area contributed by atoms with Gasteiger partial charge in [0.05, 0.1) is 18.4 Å². The van der Waals surface area contributed by atoms with E-state index in [1.807, 2.05) is 31.2 Å². The maximum absolute atomic E-state index is 12.1. The van der Waals surface area contributed by atoms with E-state index in [0.29, 0.717) is 0 Å². The molecule has 4 nitrogen and oxygen atoms in total. The monoisotopic (exact) mass is 353 g/mol. The zero-order chi connectivity index (χ0) is 14.5. The van der Waals surface area contributed by atoms with Gasteiger partial charge in [0.25, 0.3) is 5.91 Å². The fourth-order valence-corrected chi connectivity index (χ4v) is 2.14. The number of aromatic nitrogens is 2. The molecule has 0 aliphatic carbocycles. The molecule has 1 unspecified atom stereocenters. The highest BCUT2D eigenvalue weighted by Gasteiger charge is 2.15. The van der Waals surface area contributed by atoms with Crippen LogP contribution in [0.4, 0.5) is 0 Å². The molecule has 0 saturated heterocycles. The Hall–Kier alpha value is -1.46. The molecule has 0 bridgehead atoms. The van der Waals surface area contributed by atoms with Gasteiger partial charge in [-0.25, -0.2) is 9.97 Å². The molecule has 0 aliphatic rings. The summed E-state index contributed by atoms with van der Waals surface area (Å²) in [5.74, 6) is -0.260. The second kappa shape index (κ2) is 6.81. The van der Waals surface area contributed by atoms with E-state index in [9.17, 15) is 4.79 Å². The molecule has 0 spiro atoms. The van der Waals surface area contributed by atoms with Crippen LogP contribution in [-0.4, -0.2) is 15.9 Å². The molecular weight excluding hydrogens is 342 g/mol. The van der Waals surface area contributed by atoms with Crippen molar-refractivity contribution in [3.8, 4) is 0 Å². The van der Waals surface area contributed by atoms with Crippen LogP contribution in [-0.2, 0) is 0 Å². The molecule has 2 rings (SSSR count). The summed E-state index contributed by atoms with van der Waals surface area (Å²) in [5.41, 5.74) is 1.30. The SMILES string of the molecule is CCC(NC(=O)c1cnc(Cl)cn1)c1ccc(Br)cc1. The Morgan fingerprint density at radius 2 is 2.00 bits per heavy atom. The Bertz CT molecular complexity index is 586. The van der Waals surface area contributed by atoms with E-state index in [0.717, 1.165) is 16.5 Å². The molecule has 20 heavy (non-hydrogen) atoms. The fraction of sp³-hybridized carbons (Fsp3) is 0.214. The second-order valence-corrected chi connectivity index (χ2v) is 5.51. The Kier molecular flexibility index (Phi) is 5.09. The quantitative estimate of drug-likeness (QED) is 0.909. The van der Waals surface area contributed by atoms with E-state index in [4.69, 9.17) is 11.6 Å². The predicted octanol–water partition coefficient (Wildman–Crippen LogP) is 3.77. The maximum atomic E-state index is 12.1. The number of hydrogen-bond acceptors (Lipinski definition) is 3. The highest BCUT2D eigenvalue weighted by molar-refractivity contribution is 9.10. The molecule has 2 aromatic rings. The van der Waals surface area contributed by atoms with Crippen LogP contribution in [0, 0.1) is 0 Å². The third kappa shape index (κ3) is 3.77. The minimum Gasteiger partial charge on any atom is -0.344 e. The zero-order valence-corrected chi connectivity index (χ0v) is 13.1. The minimum atomic E-state index is -0.260. The second-order valence-electron chi connectivity index (χ2n) is 4.21. The van der Waals surface area contributed by atoms with Crippen LogP contribution in [0.15, 0.2) is 41.1 Å². The first-order chi connectivity index (χ1) is 9.60. The molecule has 1 N–H and O–H groups in total. The van der Waals surface area contributed by atoms with Crippen molar-refractivity contribution in [3.63, 3.8) is 0 Å². The van der Waals surface area contributed by atoms with Gasteiger partial charge in [0.2, 0.25) is 0 Å². The first kappa shape index (κ1) is 14.9. The molecule has 1 atom stereocenters. The number of nitrogens with zero attached hydrogens (tertiary/aromatic N) is 2. The summed E-state index contributed by atoms with van der Waals surface area (Å²) < 4.78 is 1.01. The summed E-state index contributed by atoms with van der Waals surface area (Å²) in [4.78, 5) is 19.9. The molecule has 0 aliphatic heterocycles. The average molecular weight is 355 g/mol. The normalized spacial score (nSPS) is 11.9. The standard InChI is InChI=1S/C14H13BrClN3O/c1-2-11(9-3-5-10(15)6-4-9)19-14(20)12-7-18-13(16)8-17-12/h3-8,11H,2H2,1H3,(H,19,20). The lowest BCUT2D eigenvalue weighted by Gasteiger charge is -2.17. The van der Waals surface area contributed by atoms with Crippen molar-refractivity contribution in [2.24, 2.45) is 0 Å². The van der Waals surface area contributed by atoms with Gasteiger partial charge in [-0.2, -0.15) is 0 Å². The van der Waals surface area contributed by atoms with Crippen LogP contribution in [0.1, 0.15) is 35.4 Å². The summed E-state index contributed by atoms with van der Waals surface area (Å²) in [6.07, 6.45) is 3.51. The Morgan fingerprint density at radius 3 is 2.55 bits per heavy atom. The van der Waals surface area contributed by atoms with Gasteiger partial charge in [-0.3, -0.25) is 4.79 Å². The van der Waals surface area contributed by atoms with E-state index in [-0.39, 0.29) is 22.8 Å². The van der Waals surface area contributed by atoms with Crippen molar-refractivity contribution in [1.82, 2.24) is 15.3 Å². The average Bonchev–Trinajstić information content (AvgIpc) is 2.46. The summed E-state index contributed by atoms with van der Waals surface area (Å²) in [6.45, 7) is 2.01. The molecule has 0 fully saturated rings. The van der Waals surface area contributed by atoms with Crippen LogP contribution in [0.5, 0.6) is 0 Å². The molecule has 104 valence electrons. The van der Waals surface area contributed by atoms with Crippen LogP contribution in [0.2, 0.25) is 5.15 Å². The van der Waals surface area contributed by atoms with Gasteiger partial charge in [-0.05, 0) is 24.1 Å². The van der Waals surface area contributed by atoms with Crippen LogP contribution < -0.4 is 5.32 Å². The zero-order valence-electron chi connectivity index (χ0n) is 10.8. The first-order valence-corrected chi connectivity index (χ1v) is 7.31. The summed E-state index contributed by atoms with van der Waals surface area (Å²) >= 11 is 9.04. The number of rotatable bonds is 4. The fourth-order valence-electron chi connectivity index (χ4n) is 1.78. The number of amides is 1. The number of carbonyl (C=O) groups is 1. The number of hydrogen-bond donors (Lipinski definition) is 1. The van der Waals surface area contributed by atoms with Gasteiger partial charge < -0.3 is 5.32 Å². The van der Waals surface area contributed by atoms with Gasteiger partial charge in [-0.1, -0.05) is 46.6 Å². The minimum absolute atomic E-state index is 0.0620. The van der Waals surface area contributed by atoms with Gasteiger partial charge in [0.1, 0.15) is 10.8 Å². The summed E-state index contributed by atoms with van der Waals surface area (Å²) in [7, 11) is 0. The van der Waals surface area contributed by atoms with Crippen molar-refractivity contribution in [3.05, 3.63) is 57.5 Å². The van der Waals surface area contributed by atoms with Crippen molar-refractivity contribution >= 4 is 33.4 Å². The van der Waals surface area contributed by atoms with Crippen molar-refractivity contribution < 1.29 is 4.79 Å². The largest absolute Gasteiger partial charge is 0.344 e. The van der Waals surface area contributed by atoms with Gasteiger partial charge in [0.15, 0.2) is 0 Å². The molecule has 1 aromatic heterocycles. The third-order valence-corrected chi connectivity index (χ3v) is 3.56. The van der Waals surface area contributed by atoms with Crippen LogP contribution in [0.25, 0.3) is 0 Å². The van der Waals surface area contributed by atoms with E-state index in [1.54, 1.807) is 0 Å². The molecule has 1 amide bonds. The Labute approximate surface area is 130 Å². The van der Waals surface area contributed by atoms with Crippen molar-refractivity contribution in [1.29, 1.82) is 0 Å². The molecular formula is C14H13BrClN3O. The van der Waals surface area contributed by atoms with Crippen molar-refractivity contribution in [2.75, 3.05) is 0 Å². The van der Waals surface area contributed by atoms with Crippen LogP contribution in [0.3, 0.4) is 0 Å². The van der Waals surface area contributed by atoms with E-state index in [2.05, 4.69) is 31.2 Å². The summed E-state index contributed by atoms with van der Waals surface area (Å²) in [5, 5.41) is 3.20. The molecule has 0 saturated carbocycles. The number of halogens is 2. The van der Waals surface area contributed by atoms with Gasteiger partial charge >= 0.3 is 0 Å². The van der Waals surface area contributed by atoms with Crippen molar-refractivity contribution in [2.45, 2.75) is 19.4 Å².